The molecule has 6 rings (SSSR count). The summed E-state index contributed by atoms with van der Waals surface area (Å²) in [6, 6.07) is 9.28. The zero-order valence-electron chi connectivity index (χ0n) is 22.8. The van der Waals surface area contributed by atoms with Crippen LogP contribution in [0.3, 0.4) is 0 Å². The number of likely N-dealkylation sites (tertiary alicyclic amines) is 1. The first kappa shape index (κ1) is 26.8. The molecule has 2 aliphatic carbocycles. The number of halogens is 1. The summed E-state index contributed by atoms with van der Waals surface area (Å²) in [7, 11) is 6.44. The summed E-state index contributed by atoms with van der Waals surface area (Å²) in [4.78, 5) is 34.9. The smallest absolute Gasteiger partial charge is 0.319 e. The van der Waals surface area contributed by atoms with Crippen LogP contribution in [0.5, 0.6) is 11.5 Å². The van der Waals surface area contributed by atoms with Gasteiger partial charge in [-0.25, -0.2) is 0 Å². The standard InChI is InChI=1S/C30H31BrN2O7/c1-33-10-9-30-14-21(34)22(37-2)13-19(30)20(33)11-17-18(12-23(38-3)27(35)25(17)30)28-24(29(36)39-4)26(32-40-28)15-5-7-16(31)8-6-15/h5-8,12-13,19-20,24,28,35H,9-11,14H2,1-4H3/t19-,20+,24+,28-,30-/m0/s1. The largest absolute Gasteiger partial charge is 0.504 e. The van der Waals surface area contributed by atoms with Crippen LogP contribution in [0.1, 0.15) is 41.2 Å². The number of hydrogen-bond donors (Lipinski definition) is 1. The van der Waals surface area contributed by atoms with Gasteiger partial charge in [0.2, 0.25) is 0 Å². The molecule has 210 valence electrons. The predicted octanol–water partition coefficient (Wildman–Crippen LogP) is 4.05. The number of rotatable bonds is 5. The lowest BCUT2D eigenvalue weighted by Gasteiger charge is -2.57. The molecule has 0 spiro atoms. The monoisotopic (exact) mass is 610 g/mol. The second kappa shape index (κ2) is 9.92. The number of esters is 1. The number of allylic oxidation sites excluding steroid dienone is 1. The van der Waals surface area contributed by atoms with Gasteiger partial charge in [-0.2, -0.15) is 0 Å². The molecular formula is C30H31BrN2O7. The number of benzene rings is 2. The highest BCUT2D eigenvalue weighted by Crippen LogP contribution is 2.59. The highest BCUT2D eigenvalue weighted by molar-refractivity contribution is 9.10. The van der Waals surface area contributed by atoms with Gasteiger partial charge in [0.15, 0.2) is 29.1 Å². The maximum absolute atomic E-state index is 13.3. The Morgan fingerprint density at radius 1 is 1.20 bits per heavy atom. The molecule has 40 heavy (non-hydrogen) atoms. The third-order valence-corrected chi connectivity index (χ3v) is 9.66. The van der Waals surface area contributed by atoms with Crippen molar-refractivity contribution < 1.29 is 33.7 Å². The van der Waals surface area contributed by atoms with Crippen LogP contribution in [0.15, 0.2) is 51.8 Å². The van der Waals surface area contributed by atoms with E-state index in [-0.39, 0.29) is 35.7 Å². The topological polar surface area (TPSA) is 107 Å². The van der Waals surface area contributed by atoms with Crippen molar-refractivity contribution in [3.05, 3.63) is 68.9 Å². The zero-order valence-corrected chi connectivity index (χ0v) is 24.4. The maximum atomic E-state index is 13.3. The molecule has 4 aliphatic rings. The molecule has 2 aromatic rings. The van der Waals surface area contributed by atoms with Crippen molar-refractivity contribution in [1.82, 2.24) is 4.90 Å². The van der Waals surface area contributed by atoms with Gasteiger partial charge in [-0.05, 0) is 56.3 Å². The summed E-state index contributed by atoms with van der Waals surface area (Å²) in [5.41, 5.74) is 2.81. The third kappa shape index (κ3) is 3.87. The molecule has 2 bridgehead atoms. The van der Waals surface area contributed by atoms with Crippen molar-refractivity contribution in [2.45, 2.75) is 36.8 Å². The summed E-state index contributed by atoms with van der Waals surface area (Å²) < 4.78 is 17.2. The van der Waals surface area contributed by atoms with Crippen LogP contribution in [0.25, 0.3) is 0 Å². The number of carbonyl (C=O) groups is 2. The van der Waals surface area contributed by atoms with Crippen molar-refractivity contribution >= 4 is 33.4 Å². The van der Waals surface area contributed by atoms with Crippen LogP contribution in [0.2, 0.25) is 0 Å². The first-order chi connectivity index (χ1) is 19.2. The minimum absolute atomic E-state index is 0.0259. The van der Waals surface area contributed by atoms with Crippen LogP contribution in [-0.2, 0) is 35.7 Å². The minimum atomic E-state index is -0.842. The van der Waals surface area contributed by atoms with E-state index in [1.165, 1.54) is 21.3 Å². The molecule has 0 radical (unpaired) electrons. The molecule has 0 aromatic heterocycles. The Bertz CT molecular complexity index is 1450. The van der Waals surface area contributed by atoms with Crippen LogP contribution >= 0.6 is 15.9 Å². The number of ketones is 1. The highest BCUT2D eigenvalue weighted by Gasteiger charge is 2.58. The van der Waals surface area contributed by atoms with Gasteiger partial charge < -0.3 is 29.1 Å². The second-order valence-corrected chi connectivity index (χ2v) is 11.8. The number of oxime groups is 1. The molecule has 1 N–H and O–H groups in total. The number of nitrogens with zero attached hydrogens (tertiary/aromatic N) is 2. The SMILES string of the molecule is COC(=O)[C@@H]1C(c2ccc(Br)cc2)=NO[C@H]1c1cc(OC)c(O)c2c1C[C@@H]1[C@@H]3C=C(OC)C(=O)C[C@]23CCN1C. The fraction of sp³-hybridized carbons (Fsp3) is 0.433. The average molecular weight is 611 g/mol. The zero-order chi connectivity index (χ0) is 28.3. The normalized spacial score (nSPS) is 29.0. The minimum Gasteiger partial charge on any atom is -0.504 e. The molecule has 9 nitrogen and oxygen atoms in total. The van der Waals surface area contributed by atoms with Gasteiger partial charge in [-0.1, -0.05) is 33.2 Å². The Morgan fingerprint density at radius 2 is 1.95 bits per heavy atom. The van der Waals surface area contributed by atoms with Gasteiger partial charge >= 0.3 is 5.97 Å². The van der Waals surface area contributed by atoms with E-state index in [1.54, 1.807) is 6.07 Å². The lowest BCUT2D eigenvalue weighted by atomic mass is 9.53. The Labute approximate surface area is 240 Å². The van der Waals surface area contributed by atoms with Gasteiger partial charge in [-0.3, -0.25) is 9.59 Å². The van der Waals surface area contributed by atoms with Crippen molar-refractivity contribution in [1.29, 1.82) is 0 Å². The number of carbonyl (C=O) groups excluding carboxylic acids is 2. The van der Waals surface area contributed by atoms with E-state index in [1.807, 2.05) is 30.3 Å². The number of hydrogen-bond acceptors (Lipinski definition) is 9. The van der Waals surface area contributed by atoms with E-state index in [0.717, 1.165) is 22.1 Å². The van der Waals surface area contributed by atoms with Gasteiger partial charge in [0.25, 0.3) is 0 Å². The van der Waals surface area contributed by atoms with Gasteiger partial charge in [0, 0.05) is 45.0 Å². The van der Waals surface area contributed by atoms with Crippen LogP contribution in [0.4, 0.5) is 0 Å². The number of Topliss-reactive ketones (excluding diaryl/α,β-unsaturated/α-hetero) is 1. The predicted molar refractivity (Wildman–Crippen MR) is 149 cm³/mol. The second-order valence-electron chi connectivity index (χ2n) is 10.9. The lowest BCUT2D eigenvalue weighted by molar-refractivity contribution is -0.146. The maximum Gasteiger partial charge on any atom is 0.319 e. The first-order valence-corrected chi connectivity index (χ1v) is 14.0. The van der Waals surface area contributed by atoms with E-state index in [2.05, 4.69) is 33.0 Å². The summed E-state index contributed by atoms with van der Waals surface area (Å²) in [5.74, 6) is -0.809. The number of phenolic OH excluding ortho intramolecular Hbond substituents is 1. The Kier molecular flexibility index (Phi) is 6.65. The van der Waals surface area contributed by atoms with Crippen LogP contribution in [-0.4, -0.2) is 68.4 Å². The quantitative estimate of drug-likeness (QED) is 0.505. The lowest BCUT2D eigenvalue weighted by Crippen LogP contribution is -2.60. The van der Waals surface area contributed by atoms with Crippen LogP contribution < -0.4 is 4.74 Å². The van der Waals surface area contributed by atoms with Gasteiger partial charge in [0.1, 0.15) is 11.6 Å². The molecule has 0 saturated carbocycles. The molecular weight excluding hydrogens is 580 g/mol. The summed E-state index contributed by atoms with van der Waals surface area (Å²) in [6.07, 6.45) is 2.59. The van der Waals surface area contributed by atoms with Crippen molar-refractivity contribution in [3.8, 4) is 11.5 Å². The number of piperidine rings is 1. The Morgan fingerprint density at radius 3 is 2.62 bits per heavy atom. The molecule has 2 aliphatic heterocycles. The molecule has 1 fully saturated rings. The molecule has 10 heteroatoms. The third-order valence-electron chi connectivity index (χ3n) is 9.13. The molecule has 0 amide bonds. The van der Waals surface area contributed by atoms with E-state index in [4.69, 9.17) is 19.0 Å². The Hall–Kier alpha value is -3.37. The fourth-order valence-electron chi connectivity index (χ4n) is 7.21. The number of fused-ring (bicyclic) bond motifs is 1. The van der Waals surface area contributed by atoms with Crippen molar-refractivity contribution in [2.75, 3.05) is 34.9 Å². The van der Waals surface area contributed by atoms with Crippen molar-refractivity contribution in [2.24, 2.45) is 17.0 Å². The average Bonchev–Trinajstić information content (AvgIpc) is 3.39. The van der Waals surface area contributed by atoms with Crippen LogP contribution in [0, 0.1) is 11.8 Å². The Balaban J connectivity index is 1.55. The number of aromatic hydroxyl groups is 1. The summed E-state index contributed by atoms with van der Waals surface area (Å²) in [6.45, 7) is 0.775. The van der Waals surface area contributed by atoms with E-state index >= 15 is 0 Å². The fourth-order valence-corrected chi connectivity index (χ4v) is 7.47. The highest BCUT2D eigenvalue weighted by atomic mass is 79.9. The van der Waals surface area contributed by atoms with Crippen molar-refractivity contribution in [3.63, 3.8) is 0 Å². The number of likely N-dealkylation sites (N-methyl/N-ethyl adjacent to an activating group) is 1. The van der Waals surface area contributed by atoms with Gasteiger partial charge in [0.05, 0.1) is 21.3 Å². The summed E-state index contributed by atoms with van der Waals surface area (Å²) >= 11 is 3.45. The van der Waals surface area contributed by atoms with Gasteiger partial charge in [-0.15, -0.1) is 0 Å². The number of phenols is 1. The molecule has 2 heterocycles. The van der Waals surface area contributed by atoms with E-state index < -0.39 is 23.4 Å². The summed E-state index contributed by atoms with van der Waals surface area (Å²) in [5, 5.41) is 16.0. The van der Waals surface area contributed by atoms with E-state index in [9.17, 15) is 14.7 Å². The first-order valence-electron chi connectivity index (χ1n) is 13.2. The molecule has 0 unspecified atom stereocenters. The number of ether oxygens (including phenoxy) is 3. The molecule has 2 aromatic carbocycles. The molecule has 1 saturated heterocycles. The number of methoxy groups -OCH3 is 3. The van der Waals surface area contributed by atoms with E-state index in [0.29, 0.717) is 35.4 Å². The molecule has 5 atom stereocenters.